The normalized spacial score (nSPS) is 18.7. The number of aromatic nitrogens is 3. The monoisotopic (exact) mass is 879 g/mol. The van der Waals surface area contributed by atoms with Gasteiger partial charge in [0.05, 0.1) is 28.0 Å². The molecular formula is C61H67N3O. The van der Waals surface area contributed by atoms with Crippen LogP contribution in [0.2, 0.25) is 0 Å². The summed E-state index contributed by atoms with van der Waals surface area (Å²) in [5, 5.41) is 13.0. The molecule has 1 N–H and O–H groups in total. The second-order valence-electron chi connectivity index (χ2n) is 19.3. The SMILES string of the molecule is [2H]C([2H])([2H])c1cc(-c2ccc(C(C)(C)C)cc2)ccc1-n1c(-c2cc(C(C([2H])([2H])[2H])(C([2H])([2H])[2H])C([2H])([2H])[2H])cc(C(C([2H])([2H])[2H])(C([2H])([2H])[2H])C([2H])([2H])[2H])c2O)nc2c(-c3cc(-c4cc(-c5cc(C)cc(C)c5)ccn4)cc(C(C)(C)C)c3)cccc21. The number of fused-ring (bicyclic) bond motifs is 1. The third-order valence-corrected chi connectivity index (χ3v) is 11.9. The Morgan fingerprint density at radius 1 is 0.523 bits per heavy atom. The van der Waals surface area contributed by atoms with E-state index in [1.165, 1.54) is 22.8 Å². The third kappa shape index (κ3) is 9.06. The predicted octanol–water partition coefficient (Wildman–Crippen LogP) is 16.6. The number of phenolic OH excluding ortho intramolecular Hbond substituents is 1. The van der Waals surface area contributed by atoms with Gasteiger partial charge in [0.2, 0.25) is 0 Å². The average molecular weight is 879 g/mol. The molecule has 0 saturated carbocycles. The van der Waals surface area contributed by atoms with E-state index in [-0.39, 0.29) is 33.8 Å². The van der Waals surface area contributed by atoms with Gasteiger partial charge >= 0.3 is 0 Å². The van der Waals surface area contributed by atoms with E-state index < -0.39 is 92.5 Å². The van der Waals surface area contributed by atoms with Gasteiger partial charge < -0.3 is 5.11 Å². The van der Waals surface area contributed by atoms with E-state index in [4.69, 9.17) is 38.8 Å². The highest BCUT2D eigenvalue weighted by molar-refractivity contribution is 5.97. The van der Waals surface area contributed by atoms with Gasteiger partial charge in [-0.05, 0) is 141 Å². The lowest BCUT2D eigenvalue weighted by Crippen LogP contribution is -2.17. The Balaban J connectivity index is 1.60. The van der Waals surface area contributed by atoms with E-state index in [2.05, 4.69) is 18.2 Å². The molecule has 8 aromatic rings. The average Bonchev–Trinajstić information content (AvgIpc) is 0.793. The molecule has 0 spiro atoms. The second kappa shape index (κ2) is 16.3. The number of imidazole rings is 1. The molecule has 0 aliphatic heterocycles. The standard InChI is InChI=1S/C61H67N3O/c1-37-27-38(2)29-43(28-37)42-25-26-62-52(34-42)45-31-44(32-47(33-45)59(7,8)9)49-17-16-18-54-55(49)63-57(50-35-48(60(10,11)12)36-51(56(50)65)61(13,14)15)64(54)53-24-21-41(30-39(53)3)40-19-22-46(23-20-40)58(4,5)6/h16-36,65H,1-15H3/i3D3,10D3,11D3,12D3,13D3,14D3,15D3. The van der Waals surface area contributed by atoms with Gasteiger partial charge in [0, 0.05) is 51.7 Å². The van der Waals surface area contributed by atoms with E-state index in [0.29, 0.717) is 39.6 Å². The summed E-state index contributed by atoms with van der Waals surface area (Å²) in [7, 11) is 0. The molecule has 0 bridgehead atoms. The maximum absolute atomic E-state index is 13.0. The summed E-state index contributed by atoms with van der Waals surface area (Å²) < 4.78 is 186. The molecule has 332 valence electrons. The number of pyridine rings is 1. The number of aromatic hydroxyl groups is 1. The molecule has 4 nitrogen and oxygen atoms in total. The Morgan fingerprint density at radius 2 is 1.17 bits per heavy atom. The van der Waals surface area contributed by atoms with Crippen LogP contribution in [0.15, 0.2) is 128 Å². The van der Waals surface area contributed by atoms with Gasteiger partial charge in [-0.3, -0.25) is 9.55 Å². The Kier molecular flexibility index (Phi) is 6.53. The van der Waals surface area contributed by atoms with Crippen LogP contribution in [-0.2, 0) is 21.7 Å². The molecule has 6 aromatic carbocycles. The maximum atomic E-state index is 13.0. The second-order valence-corrected chi connectivity index (χ2v) is 19.3. The fourth-order valence-corrected chi connectivity index (χ4v) is 8.41. The number of aryl methyl sites for hydroxylation is 3. The minimum absolute atomic E-state index is 0.0172. The smallest absolute Gasteiger partial charge is 0.149 e. The van der Waals surface area contributed by atoms with Crippen LogP contribution in [0.4, 0.5) is 0 Å². The highest BCUT2D eigenvalue weighted by atomic mass is 16.3. The molecular weight excluding hydrogens is 791 g/mol. The van der Waals surface area contributed by atoms with Gasteiger partial charge in [-0.25, -0.2) is 4.98 Å². The van der Waals surface area contributed by atoms with Crippen molar-refractivity contribution in [3.05, 3.63) is 166 Å². The summed E-state index contributed by atoms with van der Waals surface area (Å²) in [6.45, 7) is -11.9. The minimum atomic E-state index is -4.23. The Hall–Kier alpha value is -6.26. The summed E-state index contributed by atoms with van der Waals surface area (Å²) in [4.78, 5) is 9.88. The minimum Gasteiger partial charge on any atom is -0.507 e. The third-order valence-electron chi connectivity index (χ3n) is 11.9. The van der Waals surface area contributed by atoms with Gasteiger partial charge in [0.1, 0.15) is 11.6 Å². The fourth-order valence-electron chi connectivity index (χ4n) is 8.41. The molecule has 2 aromatic heterocycles. The van der Waals surface area contributed by atoms with Crippen molar-refractivity contribution in [1.82, 2.24) is 14.5 Å². The summed E-state index contributed by atoms with van der Waals surface area (Å²) in [6.07, 6.45) is 1.70. The fraction of sp³-hybridized carbons (Fsp3) is 0.311. The van der Waals surface area contributed by atoms with Gasteiger partial charge in [0.15, 0.2) is 0 Å². The van der Waals surface area contributed by atoms with Crippen LogP contribution >= 0.6 is 0 Å². The molecule has 4 heteroatoms. The molecule has 0 saturated heterocycles. The lowest BCUT2D eigenvalue weighted by atomic mass is 9.79. The van der Waals surface area contributed by atoms with Crippen molar-refractivity contribution >= 4 is 11.0 Å². The summed E-state index contributed by atoms with van der Waals surface area (Å²) in [6, 6.07) is 33.4. The first-order valence-corrected chi connectivity index (χ1v) is 21.4. The number of benzene rings is 6. The topological polar surface area (TPSA) is 50.9 Å². The van der Waals surface area contributed by atoms with Crippen molar-refractivity contribution in [3.63, 3.8) is 0 Å². The first-order valence-electron chi connectivity index (χ1n) is 31.9. The molecule has 65 heavy (non-hydrogen) atoms. The van der Waals surface area contributed by atoms with Crippen molar-refractivity contribution in [3.8, 4) is 67.5 Å². The van der Waals surface area contributed by atoms with Crippen LogP contribution < -0.4 is 0 Å². The van der Waals surface area contributed by atoms with Crippen LogP contribution in [0.25, 0.3) is 72.7 Å². The number of phenols is 1. The first-order chi connectivity index (χ1) is 39.1. The molecule has 0 fully saturated rings. The number of nitrogens with zero attached hydrogens (tertiary/aromatic N) is 3. The maximum Gasteiger partial charge on any atom is 0.149 e. The first kappa shape index (κ1) is 26.0. The Labute approximate surface area is 418 Å². The highest BCUT2D eigenvalue weighted by Gasteiger charge is 2.29. The summed E-state index contributed by atoms with van der Waals surface area (Å²) in [5.74, 6) is -2.12. The van der Waals surface area contributed by atoms with Crippen LogP contribution in [-0.4, -0.2) is 19.6 Å². The number of hydrogen-bond acceptors (Lipinski definition) is 3. The molecule has 2 heterocycles. The van der Waals surface area contributed by atoms with Crippen LogP contribution in [0, 0.1) is 20.7 Å². The summed E-state index contributed by atoms with van der Waals surface area (Å²) >= 11 is 0. The molecule has 0 amide bonds. The quantitative estimate of drug-likeness (QED) is 0.181. The molecule has 0 aliphatic carbocycles. The van der Waals surface area contributed by atoms with E-state index in [1.807, 2.05) is 110 Å². The lowest BCUT2D eigenvalue weighted by molar-refractivity contribution is 0.446. The number of para-hydroxylation sites is 1. The zero-order valence-electron chi connectivity index (χ0n) is 58.9. The van der Waals surface area contributed by atoms with Crippen LogP contribution in [0.1, 0.15) is 150 Å². The number of rotatable bonds is 6. The van der Waals surface area contributed by atoms with Gasteiger partial charge in [-0.2, -0.15) is 0 Å². The van der Waals surface area contributed by atoms with Crippen molar-refractivity contribution in [2.24, 2.45) is 0 Å². The zero-order chi connectivity index (χ0) is 64.5. The molecule has 0 atom stereocenters. The van der Waals surface area contributed by atoms with E-state index >= 15 is 0 Å². The van der Waals surface area contributed by atoms with Crippen LogP contribution in [0.5, 0.6) is 5.75 Å². The molecule has 8 rings (SSSR count). The zero-order valence-corrected chi connectivity index (χ0v) is 37.9. The van der Waals surface area contributed by atoms with E-state index in [0.717, 1.165) is 33.4 Å². The van der Waals surface area contributed by atoms with Crippen molar-refractivity contribution in [2.75, 3.05) is 0 Å². The van der Waals surface area contributed by atoms with Crippen molar-refractivity contribution in [1.29, 1.82) is 0 Å². The molecule has 0 unspecified atom stereocenters. The van der Waals surface area contributed by atoms with E-state index in [9.17, 15) is 5.11 Å². The predicted molar refractivity (Wildman–Crippen MR) is 277 cm³/mol. The Morgan fingerprint density at radius 3 is 1.83 bits per heavy atom. The highest BCUT2D eigenvalue weighted by Crippen LogP contribution is 2.45. The van der Waals surface area contributed by atoms with E-state index in [1.54, 1.807) is 24.4 Å². The van der Waals surface area contributed by atoms with Crippen molar-refractivity contribution in [2.45, 2.75) is 125 Å². The van der Waals surface area contributed by atoms with Gasteiger partial charge in [-0.15, -0.1) is 0 Å². The largest absolute Gasteiger partial charge is 0.507 e. The number of hydrogen-bond donors (Lipinski definition) is 1. The Bertz CT molecular complexity index is 3800. The van der Waals surface area contributed by atoms with Gasteiger partial charge in [0.25, 0.3) is 0 Å². The van der Waals surface area contributed by atoms with Gasteiger partial charge in [-0.1, -0.05) is 167 Å². The van der Waals surface area contributed by atoms with Crippen molar-refractivity contribution < 1.29 is 33.9 Å². The van der Waals surface area contributed by atoms with Crippen LogP contribution in [0.3, 0.4) is 0 Å². The summed E-state index contributed by atoms with van der Waals surface area (Å²) in [5.41, 5.74) is -4.52. The molecule has 0 aliphatic rings. The lowest BCUT2D eigenvalue weighted by Gasteiger charge is -2.27. The molecule has 0 radical (unpaired) electrons.